The van der Waals surface area contributed by atoms with Crippen LogP contribution in [0.4, 0.5) is 0 Å². The summed E-state index contributed by atoms with van der Waals surface area (Å²) in [7, 11) is 0. The number of rotatable bonds is 2. The second-order valence-corrected chi connectivity index (χ2v) is 5.38. The van der Waals surface area contributed by atoms with Gasteiger partial charge in [0.15, 0.2) is 0 Å². The van der Waals surface area contributed by atoms with Crippen molar-refractivity contribution in [1.82, 2.24) is 4.90 Å². The molecular formula is C15H19NO4. The third kappa shape index (κ3) is 2.27. The fraction of sp³-hybridized carbons (Fsp3) is 0.533. The first-order chi connectivity index (χ1) is 9.70. The number of aliphatic hydroxyl groups is 1. The van der Waals surface area contributed by atoms with Crippen LogP contribution in [0.3, 0.4) is 0 Å². The number of aliphatic hydroxyl groups excluding tert-OH is 1. The van der Waals surface area contributed by atoms with Gasteiger partial charge in [-0.05, 0) is 13.0 Å². The summed E-state index contributed by atoms with van der Waals surface area (Å²) >= 11 is 0. The largest absolute Gasteiger partial charge is 0.492 e. The van der Waals surface area contributed by atoms with E-state index in [2.05, 4.69) is 0 Å². The van der Waals surface area contributed by atoms with Crippen molar-refractivity contribution in [3.8, 4) is 5.75 Å². The highest BCUT2D eigenvalue weighted by molar-refractivity contribution is 5.86. The van der Waals surface area contributed by atoms with E-state index in [0.717, 1.165) is 11.3 Å². The predicted octanol–water partition coefficient (Wildman–Crippen LogP) is 0.771. The molecule has 1 aromatic carbocycles. The lowest BCUT2D eigenvalue weighted by atomic mass is 9.98. The SMILES string of the molecule is CC1COC(CO)CN1C(=O)C1COc2ccccc21. The van der Waals surface area contributed by atoms with Gasteiger partial charge in [-0.3, -0.25) is 4.79 Å². The molecule has 0 radical (unpaired) electrons. The average Bonchev–Trinajstić information content (AvgIpc) is 2.91. The highest BCUT2D eigenvalue weighted by Gasteiger charge is 2.37. The van der Waals surface area contributed by atoms with Gasteiger partial charge in [-0.2, -0.15) is 0 Å². The summed E-state index contributed by atoms with van der Waals surface area (Å²) in [5.41, 5.74) is 0.955. The Hall–Kier alpha value is -1.59. The molecule has 0 aliphatic carbocycles. The van der Waals surface area contributed by atoms with Crippen LogP contribution in [0.5, 0.6) is 5.75 Å². The van der Waals surface area contributed by atoms with Crippen LogP contribution in [0.15, 0.2) is 24.3 Å². The lowest BCUT2D eigenvalue weighted by molar-refractivity contribution is -0.147. The Kier molecular flexibility index (Phi) is 3.63. The van der Waals surface area contributed by atoms with Crippen LogP contribution < -0.4 is 4.74 Å². The van der Waals surface area contributed by atoms with E-state index < -0.39 is 0 Å². The molecule has 0 spiro atoms. The smallest absolute Gasteiger partial charge is 0.234 e. The molecule has 1 saturated heterocycles. The summed E-state index contributed by atoms with van der Waals surface area (Å²) in [6.45, 7) is 3.20. The molecule has 0 saturated carbocycles. The molecular weight excluding hydrogens is 258 g/mol. The van der Waals surface area contributed by atoms with Crippen molar-refractivity contribution in [3.63, 3.8) is 0 Å². The zero-order valence-corrected chi connectivity index (χ0v) is 11.5. The third-order valence-corrected chi connectivity index (χ3v) is 3.99. The lowest BCUT2D eigenvalue weighted by Gasteiger charge is -2.38. The molecule has 3 rings (SSSR count). The minimum atomic E-state index is -0.285. The van der Waals surface area contributed by atoms with E-state index in [4.69, 9.17) is 9.47 Å². The summed E-state index contributed by atoms with van der Waals surface area (Å²) in [4.78, 5) is 14.5. The Labute approximate surface area is 118 Å². The summed E-state index contributed by atoms with van der Waals surface area (Å²) < 4.78 is 11.1. The second kappa shape index (κ2) is 5.42. The molecule has 3 unspecified atom stereocenters. The van der Waals surface area contributed by atoms with Crippen LogP contribution in [0.2, 0.25) is 0 Å². The lowest BCUT2D eigenvalue weighted by Crippen LogP contribution is -2.53. The Morgan fingerprint density at radius 2 is 2.20 bits per heavy atom. The van der Waals surface area contributed by atoms with Gasteiger partial charge in [0.2, 0.25) is 5.91 Å². The highest BCUT2D eigenvalue weighted by Crippen LogP contribution is 2.35. The molecule has 1 fully saturated rings. The van der Waals surface area contributed by atoms with Crippen molar-refractivity contribution in [2.24, 2.45) is 0 Å². The number of nitrogens with zero attached hydrogens (tertiary/aromatic N) is 1. The van der Waals surface area contributed by atoms with Crippen LogP contribution in [0.1, 0.15) is 18.4 Å². The maximum atomic E-state index is 12.7. The first kappa shape index (κ1) is 13.4. The van der Waals surface area contributed by atoms with E-state index in [-0.39, 0.29) is 30.6 Å². The van der Waals surface area contributed by atoms with Crippen molar-refractivity contribution >= 4 is 5.91 Å². The number of benzene rings is 1. The number of fused-ring (bicyclic) bond motifs is 1. The minimum absolute atomic E-state index is 0.0260. The molecule has 2 aliphatic rings. The number of para-hydroxylation sites is 1. The molecule has 0 bridgehead atoms. The van der Waals surface area contributed by atoms with E-state index in [1.165, 1.54) is 0 Å². The predicted molar refractivity (Wildman–Crippen MR) is 72.7 cm³/mol. The Morgan fingerprint density at radius 3 is 3.00 bits per heavy atom. The Bertz CT molecular complexity index is 504. The van der Waals surface area contributed by atoms with Gasteiger partial charge < -0.3 is 19.5 Å². The Morgan fingerprint density at radius 1 is 1.40 bits per heavy atom. The molecule has 2 heterocycles. The second-order valence-electron chi connectivity index (χ2n) is 5.38. The topological polar surface area (TPSA) is 59.0 Å². The third-order valence-electron chi connectivity index (χ3n) is 3.99. The number of hydrogen-bond acceptors (Lipinski definition) is 4. The number of hydrogen-bond donors (Lipinski definition) is 1. The molecule has 5 heteroatoms. The maximum absolute atomic E-state index is 12.7. The first-order valence-electron chi connectivity index (χ1n) is 6.95. The van der Waals surface area contributed by atoms with E-state index in [9.17, 15) is 9.90 Å². The molecule has 20 heavy (non-hydrogen) atoms. The van der Waals surface area contributed by atoms with Crippen LogP contribution >= 0.6 is 0 Å². The highest BCUT2D eigenvalue weighted by atomic mass is 16.5. The minimum Gasteiger partial charge on any atom is -0.492 e. The molecule has 3 atom stereocenters. The van der Waals surface area contributed by atoms with E-state index >= 15 is 0 Å². The average molecular weight is 277 g/mol. The number of carbonyl (C=O) groups is 1. The van der Waals surface area contributed by atoms with Gasteiger partial charge in [0.1, 0.15) is 18.3 Å². The van der Waals surface area contributed by atoms with Gasteiger partial charge in [0, 0.05) is 12.1 Å². The van der Waals surface area contributed by atoms with E-state index in [1.54, 1.807) is 4.90 Å². The number of amides is 1. The number of carbonyl (C=O) groups excluding carboxylic acids is 1. The zero-order chi connectivity index (χ0) is 14.1. The first-order valence-corrected chi connectivity index (χ1v) is 6.95. The van der Waals surface area contributed by atoms with Gasteiger partial charge in [-0.25, -0.2) is 0 Å². The van der Waals surface area contributed by atoms with E-state index in [0.29, 0.717) is 19.8 Å². The maximum Gasteiger partial charge on any atom is 0.234 e. The summed E-state index contributed by atoms with van der Waals surface area (Å²) in [5.74, 6) is 0.612. The Balaban J connectivity index is 1.79. The molecule has 5 nitrogen and oxygen atoms in total. The molecule has 1 amide bonds. The fourth-order valence-corrected chi connectivity index (χ4v) is 2.80. The number of ether oxygens (including phenoxy) is 2. The summed E-state index contributed by atoms with van der Waals surface area (Å²) in [6, 6.07) is 7.69. The molecule has 1 aromatic rings. The fourth-order valence-electron chi connectivity index (χ4n) is 2.80. The summed E-state index contributed by atoms with van der Waals surface area (Å²) in [5, 5.41) is 9.21. The molecule has 108 valence electrons. The standard InChI is InChI=1S/C15H19NO4/c1-10-8-19-11(7-17)6-16(10)15(18)13-9-20-14-5-3-2-4-12(13)14/h2-5,10-11,13,17H,6-9H2,1H3. The van der Waals surface area contributed by atoms with Crippen molar-refractivity contribution in [3.05, 3.63) is 29.8 Å². The van der Waals surface area contributed by atoms with Gasteiger partial charge in [0.25, 0.3) is 0 Å². The number of morpholine rings is 1. The van der Waals surface area contributed by atoms with E-state index in [1.807, 2.05) is 31.2 Å². The van der Waals surface area contributed by atoms with Gasteiger partial charge in [-0.15, -0.1) is 0 Å². The quantitative estimate of drug-likeness (QED) is 0.867. The van der Waals surface area contributed by atoms with Gasteiger partial charge in [-0.1, -0.05) is 18.2 Å². The van der Waals surface area contributed by atoms with Crippen molar-refractivity contribution in [2.45, 2.75) is 25.0 Å². The molecule has 0 aromatic heterocycles. The molecule has 2 aliphatic heterocycles. The van der Waals surface area contributed by atoms with Gasteiger partial charge >= 0.3 is 0 Å². The zero-order valence-electron chi connectivity index (χ0n) is 11.5. The van der Waals surface area contributed by atoms with Crippen molar-refractivity contribution in [2.75, 3.05) is 26.4 Å². The normalized spacial score (nSPS) is 28.9. The van der Waals surface area contributed by atoms with Crippen LogP contribution in [0, 0.1) is 0 Å². The van der Waals surface area contributed by atoms with Crippen molar-refractivity contribution in [1.29, 1.82) is 0 Å². The van der Waals surface area contributed by atoms with Crippen LogP contribution in [-0.2, 0) is 9.53 Å². The van der Waals surface area contributed by atoms with Crippen molar-refractivity contribution < 1.29 is 19.4 Å². The monoisotopic (exact) mass is 277 g/mol. The van der Waals surface area contributed by atoms with Crippen LogP contribution in [0.25, 0.3) is 0 Å². The molecule has 1 N–H and O–H groups in total. The summed E-state index contributed by atoms with van der Waals surface area (Å²) in [6.07, 6.45) is -0.285. The van der Waals surface area contributed by atoms with Gasteiger partial charge in [0.05, 0.1) is 25.4 Å². The van der Waals surface area contributed by atoms with Crippen LogP contribution in [-0.4, -0.2) is 54.4 Å².